The summed E-state index contributed by atoms with van der Waals surface area (Å²) in [6.07, 6.45) is 1.56. The van der Waals surface area contributed by atoms with Crippen molar-refractivity contribution in [3.05, 3.63) is 72.1 Å². The zero-order chi connectivity index (χ0) is 18.5. The number of hydrogen-bond acceptors (Lipinski definition) is 5. The van der Waals surface area contributed by atoms with E-state index in [1.165, 1.54) is 0 Å². The summed E-state index contributed by atoms with van der Waals surface area (Å²) in [7, 11) is 3.98. The SMILES string of the molecule is Cc1ccc(NC(=O)c2ccnc(Nc3ccc(N(C)C)cc3)n2)cc1. The van der Waals surface area contributed by atoms with E-state index in [0.29, 0.717) is 11.6 Å². The first-order chi connectivity index (χ1) is 12.5. The molecule has 0 saturated heterocycles. The molecule has 6 nitrogen and oxygen atoms in total. The Kier molecular flexibility index (Phi) is 5.12. The van der Waals surface area contributed by atoms with Gasteiger partial charge in [0.15, 0.2) is 0 Å². The van der Waals surface area contributed by atoms with Crippen LogP contribution in [0.2, 0.25) is 0 Å². The van der Waals surface area contributed by atoms with Crippen LogP contribution in [0.3, 0.4) is 0 Å². The Bertz CT molecular complexity index is 889. The van der Waals surface area contributed by atoms with Crippen molar-refractivity contribution in [2.24, 2.45) is 0 Å². The lowest BCUT2D eigenvalue weighted by molar-refractivity contribution is 0.102. The van der Waals surface area contributed by atoms with E-state index < -0.39 is 0 Å². The first-order valence-electron chi connectivity index (χ1n) is 8.27. The maximum Gasteiger partial charge on any atom is 0.274 e. The normalized spacial score (nSPS) is 10.3. The number of carbonyl (C=O) groups excluding carboxylic acids is 1. The van der Waals surface area contributed by atoms with Gasteiger partial charge in [0, 0.05) is 37.4 Å². The molecule has 2 N–H and O–H groups in total. The molecule has 3 rings (SSSR count). The molecule has 3 aromatic rings. The van der Waals surface area contributed by atoms with Crippen molar-refractivity contribution in [3.8, 4) is 0 Å². The summed E-state index contributed by atoms with van der Waals surface area (Å²) in [4.78, 5) is 22.9. The number of rotatable bonds is 5. The predicted octanol–water partition coefficient (Wildman–Crippen LogP) is 3.85. The summed E-state index contributed by atoms with van der Waals surface area (Å²) in [6.45, 7) is 2.00. The van der Waals surface area contributed by atoms with Crippen LogP contribution in [0.1, 0.15) is 16.1 Å². The fraction of sp³-hybridized carbons (Fsp3) is 0.150. The summed E-state index contributed by atoms with van der Waals surface area (Å²) in [5.74, 6) is 0.0985. The number of anilines is 4. The minimum absolute atomic E-state index is 0.276. The van der Waals surface area contributed by atoms with Crippen LogP contribution in [0, 0.1) is 6.92 Å². The number of aromatic nitrogens is 2. The van der Waals surface area contributed by atoms with Crippen molar-refractivity contribution in [3.63, 3.8) is 0 Å². The molecule has 0 aliphatic heterocycles. The Labute approximate surface area is 152 Å². The number of benzene rings is 2. The second-order valence-corrected chi connectivity index (χ2v) is 6.15. The fourth-order valence-electron chi connectivity index (χ4n) is 2.35. The standard InChI is InChI=1S/C20H21N5O/c1-14-4-6-15(7-5-14)22-19(26)18-12-13-21-20(24-18)23-16-8-10-17(11-9-16)25(2)3/h4-13H,1-3H3,(H,22,26)(H,21,23,24). The van der Waals surface area contributed by atoms with Gasteiger partial charge in [-0.25, -0.2) is 9.97 Å². The minimum atomic E-state index is -0.276. The average molecular weight is 347 g/mol. The molecule has 0 atom stereocenters. The van der Waals surface area contributed by atoms with Crippen LogP contribution in [-0.2, 0) is 0 Å². The minimum Gasteiger partial charge on any atom is -0.378 e. The quantitative estimate of drug-likeness (QED) is 0.734. The van der Waals surface area contributed by atoms with Crippen LogP contribution in [0.4, 0.5) is 23.0 Å². The van der Waals surface area contributed by atoms with E-state index in [-0.39, 0.29) is 5.91 Å². The molecule has 132 valence electrons. The zero-order valence-electron chi connectivity index (χ0n) is 15.0. The van der Waals surface area contributed by atoms with Crippen molar-refractivity contribution >= 4 is 28.9 Å². The first-order valence-corrected chi connectivity index (χ1v) is 8.27. The topological polar surface area (TPSA) is 70.2 Å². The highest BCUT2D eigenvalue weighted by Crippen LogP contribution is 2.18. The molecule has 0 radical (unpaired) electrons. The van der Waals surface area contributed by atoms with Crippen molar-refractivity contribution in [1.29, 1.82) is 0 Å². The Morgan fingerprint density at radius 1 is 0.923 bits per heavy atom. The third kappa shape index (κ3) is 4.36. The summed E-state index contributed by atoms with van der Waals surface area (Å²) in [5, 5.41) is 5.95. The second-order valence-electron chi connectivity index (χ2n) is 6.15. The lowest BCUT2D eigenvalue weighted by Crippen LogP contribution is -2.14. The van der Waals surface area contributed by atoms with Gasteiger partial charge in [0.1, 0.15) is 5.69 Å². The van der Waals surface area contributed by atoms with Gasteiger partial charge in [-0.15, -0.1) is 0 Å². The summed E-state index contributed by atoms with van der Waals surface area (Å²) in [6, 6.07) is 17.1. The molecule has 0 fully saturated rings. The van der Waals surface area contributed by atoms with Gasteiger partial charge in [-0.2, -0.15) is 0 Å². The van der Waals surface area contributed by atoms with E-state index in [1.807, 2.05) is 74.4 Å². The lowest BCUT2D eigenvalue weighted by Gasteiger charge is -2.13. The van der Waals surface area contributed by atoms with Gasteiger partial charge in [-0.3, -0.25) is 4.79 Å². The molecular weight excluding hydrogens is 326 g/mol. The Morgan fingerprint density at radius 2 is 1.58 bits per heavy atom. The molecule has 26 heavy (non-hydrogen) atoms. The van der Waals surface area contributed by atoms with Crippen molar-refractivity contribution in [2.45, 2.75) is 6.92 Å². The van der Waals surface area contributed by atoms with Gasteiger partial charge in [0.05, 0.1) is 0 Å². The molecule has 1 heterocycles. The van der Waals surface area contributed by atoms with Crippen LogP contribution in [-0.4, -0.2) is 30.0 Å². The third-order valence-corrected chi connectivity index (χ3v) is 3.84. The molecule has 0 bridgehead atoms. The largest absolute Gasteiger partial charge is 0.378 e. The van der Waals surface area contributed by atoms with Gasteiger partial charge in [-0.05, 0) is 49.4 Å². The highest BCUT2D eigenvalue weighted by molar-refractivity contribution is 6.03. The molecule has 0 aliphatic carbocycles. The van der Waals surface area contributed by atoms with E-state index >= 15 is 0 Å². The Hall–Kier alpha value is -3.41. The van der Waals surface area contributed by atoms with E-state index in [1.54, 1.807) is 12.3 Å². The number of nitrogens with zero attached hydrogens (tertiary/aromatic N) is 3. The molecule has 0 aliphatic rings. The van der Waals surface area contributed by atoms with E-state index in [0.717, 1.165) is 22.6 Å². The third-order valence-electron chi connectivity index (χ3n) is 3.84. The van der Waals surface area contributed by atoms with Gasteiger partial charge in [-0.1, -0.05) is 17.7 Å². The van der Waals surface area contributed by atoms with Gasteiger partial charge in [0.25, 0.3) is 5.91 Å². The maximum atomic E-state index is 12.4. The lowest BCUT2D eigenvalue weighted by atomic mass is 10.2. The van der Waals surface area contributed by atoms with Crippen LogP contribution in [0.15, 0.2) is 60.8 Å². The van der Waals surface area contributed by atoms with Crippen molar-refractivity contribution < 1.29 is 4.79 Å². The van der Waals surface area contributed by atoms with Gasteiger partial charge >= 0.3 is 0 Å². The highest BCUT2D eigenvalue weighted by Gasteiger charge is 2.09. The molecule has 1 aromatic heterocycles. The van der Waals surface area contributed by atoms with Crippen LogP contribution in [0.25, 0.3) is 0 Å². The summed E-state index contributed by atoms with van der Waals surface area (Å²) in [5.41, 5.74) is 4.12. The number of amides is 1. The molecule has 0 unspecified atom stereocenters. The molecular formula is C20H21N5O. The monoisotopic (exact) mass is 347 g/mol. The van der Waals surface area contributed by atoms with Crippen LogP contribution in [0.5, 0.6) is 0 Å². The molecule has 0 spiro atoms. The van der Waals surface area contributed by atoms with Crippen molar-refractivity contribution in [1.82, 2.24) is 9.97 Å². The van der Waals surface area contributed by atoms with Gasteiger partial charge in [0.2, 0.25) is 5.95 Å². The van der Waals surface area contributed by atoms with Crippen LogP contribution < -0.4 is 15.5 Å². The average Bonchev–Trinajstić information content (AvgIpc) is 2.64. The molecule has 0 saturated carbocycles. The van der Waals surface area contributed by atoms with E-state index in [4.69, 9.17) is 0 Å². The molecule has 2 aromatic carbocycles. The maximum absolute atomic E-state index is 12.4. The zero-order valence-corrected chi connectivity index (χ0v) is 15.0. The second kappa shape index (κ2) is 7.65. The van der Waals surface area contributed by atoms with Crippen molar-refractivity contribution in [2.75, 3.05) is 29.6 Å². The molecule has 1 amide bonds. The summed E-state index contributed by atoms with van der Waals surface area (Å²) >= 11 is 0. The highest BCUT2D eigenvalue weighted by atomic mass is 16.1. The number of nitrogens with one attached hydrogen (secondary N) is 2. The molecule has 6 heteroatoms. The first kappa shape index (κ1) is 17.4. The number of aryl methyl sites for hydroxylation is 1. The summed E-state index contributed by atoms with van der Waals surface area (Å²) < 4.78 is 0. The Morgan fingerprint density at radius 3 is 2.23 bits per heavy atom. The van der Waals surface area contributed by atoms with Gasteiger partial charge < -0.3 is 15.5 Å². The van der Waals surface area contributed by atoms with Crippen LogP contribution >= 0.6 is 0 Å². The van der Waals surface area contributed by atoms with E-state index in [9.17, 15) is 4.79 Å². The fourth-order valence-corrected chi connectivity index (χ4v) is 2.35. The predicted molar refractivity (Wildman–Crippen MR) is 105 cm³/mol. The smallest absolute Gasteiger partial charge is 0.274 e. The number of carbonyl (C=O) groups is 1. The number of hydrogen-bond donors (Lipinski definition) is 2. The Balaban J connectivity index is 1.71. The van der Waals surface area contributed by atoms with E-state index in [2.05, 4.69) is 20.6 Å².